The molecule has 0 unspecified atom stereocenters. The van der Waals surface area contributed by atoms with Crippen LogP contribution < -0.4 is 0 Å². The maximum atomic E-state index is 14.5. The van der Waals surface area contributed by atoms with Crippen molar-refractivity contribution in [3.63, 3.8) is 0 Å². The van der Waals surface area contributed by atoms with Gasteiger partial charge in [0.15, 0.2) is 0 Å². The van der Waals surface area contributed by atoms with Gasteiger partial charge in [-0.3, -0.25) is 0 Å². The summed E-state index contributed by atoms with van der Waals surface area (Å²) in [5, 5.41) is 2.26. The van der Waals surface area contributed by atoms with Crippen LogP contribution in [0.25, 0.3) is 11.1 Å². The fraction of sp³-hybridized carbons (Fsp3) is 0.136. The van der Waals surface area contributed by atoms with E-state index >= 15 is 0 Å². The molecule has 0 atom stereocenters. The molecule has 0 aliphatic heterocycles. The molecule has 1 aromatic heterocycles. The molecule has 0 spiro atoms. The Morgan fingerprint density at radius 2 is 1.67 bits per heavy atom. The predicted molar refractivity (Wildman–Crippen MR) is 109 cm³/mol. The predicted octanol–water partition coefficient (Wildman–Crippen LogP) is 6.70. The van der Waals surface area contributed by atoms with Crippen LogP contribution in [0.15, 0.2) is 53.5 Å². The lowest BCUT2D eigenvalue weighted by atomic mass is 10.0. The van der Waals surface area contributed by atoms with Crippen LogP contribution in [0, 0.1) is 23.5 Å². The van der Waals surface area contributed by atoms with Crippen molar-refractivity contribution in [2.75, 3.05) is 0 Å². The second-order valence-corrected chi connectivity index (χ2v) is 7.59. The van der Waals surface area contributed by atoms with Crippen molar-refractivity contribution in [3.8, 4) is 23.0 Å². The van der Waals surface area contributed by atoms with E-state index < -0.39 is 11.6 Å². The van der Waals surface area contributed by atoms with E-state index in [1.54, 1.807) is 35.6 Å². The molecule has 27 heavy (non-hydrogen) atoms. The summed E-state index contributed by atoms with van der Waals surface area (Å²) >= 11 is 6.20. The Hall–Kier alpha value is -2.64. The molecule has 0 saturated heterocycles. The third-order valence-corrected chi connectivity index (χ3v) is 5.56. The molecule has 1 aliphatic rings. The van der Waals surface area contributed by atoms with E-state index in [0.29, 0.717) is 22.7 Å². The zero-order valence-corrected chi connectivity index (χ0v) is 15.8. The maximum Gasteiger partial charge on any atom is 0.135 e. The first kappa shape index (κ1) is 17.8. The van der Waals surface area contributed by atoms with E-state index in [-0.39, 0.29) is 5.56 Å². The minimum atomic E-state index is -0.643. The fourth-order valence-corrected chi connectivity index (χ4v) is 3.95. The van der Waals surface area contributed by atoms with Crippen LogP contribution in [0.3, 0.4) is 0 Å². The second kappa shape index (κ2) is 7.54. The van der Waals surface area contributed by atoms with E-state index in [9.17, 15) is 8.78 Å². The lowest BCUT2D eigenvalue weighted by Gasteiger charge is -2.06. The lowest BCUT2D eigenvalue weighted by Crippen LogP contribution is -1.92. The third-order valence-electron chi connectivity index (χ3n) is 4.31. The fourth-order valence-electron chi connectivity index (χ4n) is 2.82. The van der Waals surface area contributed by atoms with Gasteiger partial charge in [0.2, 0.25) is 0 Å². The summed E-state index contributed by atoms with van der Waals surface area (Å²) in [6.45, 7) is 0. The molecule has 1 fully saturated rings. The first-order chi connectivity index (χ1) is 13.1. The number of hydrogen-bond donors (Lipinski definition) is 0. The van der Waals surface area contributed by atoms with Crippen LogP contribution in [-0.2, 0) is 0 Å². The Labute approximate surface area is 165 Å². The Bertz CT molecular complexity index is 1090. The van der Waals surface area contributed by atoms with Gasteiger partial charge < -0.3 is 0 Å². The molecule has 1 aliphatic carbocycles. The van der Waals surface area contributed by atoms with Crippen molar-refractivity contribution in [2.24, 2.45) is 4.99 Å². The van der Waals surface area contributed by atoms with Gasteiger partial charge in [-0.15, -0.1) is 11.3 Å². The van der Waals surface area contributed by atoms with Gasteiger partial charge in [0.1, 0.15) is 11.6 Å². The smallest absolute Gasteiger partial charge is 0.135 e. The Balaban J connectivity index is 1.61. The highest BCUT2D eigenvalue weighted by Gasteiger charge is 2.24. The summed E-state index contributed by atoms with van der Waals surface area (Å²) in [6.07, 6.45) is 2.48. The van der Waals surface area contributed by atoms with Gasteiger partial charge in [-0.25, -0.2) is 8.78 Å². The third kappa shape index (κ3) is 4.04. The SMILES string of the molecule is Fc1cc(C#Cc2ccc(C3CC3)s2)cc(F)c1-c1ccc(N=C=S)cc1. The largest absolute Gasteiger partial charge is 0.206 e. The maximum absolute atomic E-state index is 14.5. The molecule has 0 amide bonds. The molecule has 0 radical (unpaired) electrons. The highest BCUT2D eigenvalue weighted by atomic mass is 32.1. The van der Waals surface area contributed by atoms with Gasteiger partial charge in [-0.05, 0) is 72.9 Å². The molecule has 0 bridgehead atoms. The van der Waals surface area contributed by atoms with Crippen LogP contribution in [0.4, 0.5) is 14.5 Å². The Morgan fingerprint density at radius 3 is 2.30 bits per heavy atom. The summed E-state index contributed by atoms with van der Waals surface area (Å²) in [4.78, 5) is 6.08. The summed E-state index contributed by atoms with van der Waals surface area (Å²) in [7, 11) is 0. The number of halogens is 2. The van der Waals surface area contributed by atoms with Crippen LogP contribution in [-0.4, -0.2) is 5.16 Å². The first-order valence-electron chi connectivity index (χ1n) is 8.43. The van der Waals surface area contributed by atoms with Crippen LogP contribution in [0.2, 0.25) is 0 Å². The number of thiophene rings is 1. The van der Waals surface area contributed by atoms with E-state index in [1.165, 1.54) is 29.9 Å². The first-order valence-corrected chi connectivity index (χ1v) is 9.65. The molecule has 132 valence electrons. The Morgan fingerprint density at radius 1 is 0.963 bits per heavy atom. The lowest BCUT2D eigenvalue weighted by molar-refractivity contribution is 0.589. The summed E-state index contributed by atoms with van der Waals surface area (Å²) < 4.78 is 29.1. The van der Waals surface area contributed by atoms with Crippen molar-refractivity contribution in [2.45, 2.75) is 18.8 Å². The molecular weight excluding hydrogens is 380 g/mol. The van der Waals surface area contributed by atoms with Gasteiger partial charge in [-0.1, -0.05) is 24.0 Å². The van der Waals surface area contributed by atoms with Crippen molar-refractivity contribution in [3.05, 3.63) is 75.5 Å². The van der Waals surface area contributed by atoms with Crippen LogP contribution in [0.5, 0.6) is 0 Å². The zero-order valence-electron chi connectivity index (χ0n) is 14.1. The van der Waals surface area contributed by atoms with E-state index in [1.807, 2.05) is 6.07 Å². The number of hydrogen-bond acceptors (Lipinski definition) is 3. The van der Waals surface area contributed by atoms with Crippen molar-refractivity contribution < 1.29 is 8.78 Å². The molecule has 1 heterocycles. The minimum absolute atomic E-state index is 0.0782. The summed E-state index contributed by atoms with van der Waals surface area (Å²) in [5.41, 5.74) is 1.25. The molecule has 0 N–H and O–H groups in total. The zero-order chi connectivity index (χ0) is 18.8. The average molecular weight is 393 g/mol. The number of isothiocyanates is 1. The molecule has 1 nitrogen and oxygen atoms in total. The molecule has 1 saturated carbocycles. The Kier molecular flexibility index (Phi) is 4.96. The normalized spacial score (nSPS) is 12.8. The monoisotopic (exact) mass is 393 g/mol. The number of nitrogens with zero attached hydrogens (tertiary/aromatic N) is 1. The van der Waals surface area contributed by atoms with Gasteiger partial charge in [0.05, 0.1) is 21.3 Å². The van der Waals surface area contributed by atoms with Gasteiger partial charge in [0, 0.05) is 10.4 Å². The van der Waals surface area contributed by atoms with Crippen molar-refractivity contribution >= 4 is 34.4 Å². The number of aliphatic imine (C=N–C) groups is 1. The van der Waals surface area contributed by atoms with Crippen LogP contribution in [0.1, 0.15) is 34.1 Å². The van der Waals surface area contributed by atoms with Gasteiger partial charge in [-0.2, -0.15) is 4.99 Å². The molecule has 4 rings (SSSR count). The standard InChI is InChI=1S/C22H13F2NS2/c23-19-11-14(1-8-18-9-10-21(27-18)15-2-3-15)12-20(24)22(19)16-4-6-17(7-5-16)25-13-26/h4-7,9-12,15H,2-3H2. The van der Waals surface area contributed by atoms with E-state index in [0.717, 1.165) is 4.88 Å². The highest BCUT2D eigenvalue weighted by molar-refractivity contribution is 7.78. The van der Waals surface area contributed by atoms with E-state index in [4.69, 9.17) is 0 Å². The average Bonchev–Trinajstić information content (AvgIpc) is 3.39. The second-order valence-electron chi connectivity index (χ2n) is 6.29. The topological polar surface area (TPSA) is 12.4 Å². The van der Waals surface area contributed by atoms with Gasteiger partial charge in [0.25, 0.3) is 0 Å². The summed E-state index contributed by atoms with van der Waals surface area (Å²) in [6, 6.07) is 13.1. The van der Waals surface area contributed by atoms with Crippen LogP contribution >= 0.6 is 23.6 Å². The molecule has 3 aromatic rings. The molecular formula is C22H13F2NS2. The van der Waals surface area contributed by atoms with Crippen molar-refractivity contribution in [1.82, 2.24) is 0 Å². The highest BCUT2D eigenvalue weighted by Crippen LogP contribution is 2.43. The molecule has 2 aromatic carbocycles. The minimum Gasteiger partial charge on any atom is -0.206 e. The quantitative estimate of drug-likeness (QED) is 0.274. The summed E-state index contributed by atoms with van der Waals surface area (Å²) in [5.74, 6) is 5.27. The van der Waals surface area contributed by atoms with E-state index in [2.05, 4.69) is 40.3 Å². The van der Waals surface area contributed by atoms with Gasteiger partial charge >= 0.3 is 0 Å². The number of rotatable bonds is 3. The number of thiocarbonyl (C=S) groups is 1. The van der Waals surface area contributed by atoms with Crippen molar-refractivity contribution in [1.29, 1.82) is 0 Å². The number of benzene rings is 2. The molecule has 5 heteroatoms.